The lowest BCUT2D eigenvalue weighted by molar-refractivity contribution is -0.138. The Kier molecular flexibility index (Phi) is 3.42. The summed E-state index contributed by atoms with van der Waals surface area (Å²) in [5.41, 5.74) is 3.87. The van der Waals surface area contributed by atoms with E-state index in [9.17, 15) is 9.59 Å². The predicted molar refractivity (Wildman–Crippen MR) is 42.8 cm³/mol. The minimum absolute atomic E-state index is 0.166. The van der Waals surface area contributed by atoms with Gasteiger partial charge in [0.1, 0.15) is 11.2 Å². The summed E-state index contributed by atoms with van der Waals surface area (Å²) in [6.07, 6.45) is 0.368. The zero-order valence-electron chi connectivity index (χ0n) is 7.26. The maximum absolute atomic E-state index is 11.0. The van der Waals surface area contributed by atoms with Crippen LogP contribution in [-0.2, 0) is 9.59 Å². The van der Waals surface area contributed by atoms with Crippen molar-refractivity contribution >= 4 is 11.7 Å². The molecule has 66 valence electrons. The van der Waals surface area contributed by atoms with E-state index in [1.54, 1.807) is 0 Å². The van der Waals surface area contributed by atoms with E-state index in [1.165, 1.54) is 13.8 Å². The number of Topliss-reactive ketones (excluding diaryl/α,β-unsaturated/α-hetero) is 1. The van der Waals surface area contributed by atoms with Crippen LogP contribution in [0.1, 0.15) is 26.7 Å². The molecule has 0 radical (unpaired) electrons. The highest BCUT2D eigenvalue weighted by molar-refractivity contribution is 6.03. The molecular formula is C8H12N2O2. The van der Waals surface area contributed by atoms with Crippen LogP contribution < -0.4 is 5.73 Å². The van der Waals surface area contributed by atoms with Gasteiger partial charge in [0, 0.05) is 6.42 Å². The molecule has 2 N–H and O–H groups in total. The molecule has 0 heterocycles. The Balaban J connectivity index is 4.54. The summed E-state index contributed by atoms with van der Waals surface area (Å²) in [6.45, 7) is 2.77. The highest BCUT2D eigenvalue weighted by Gasteiger charge is 2.35. The molecule has 0 saturated carbocycles. The van der Waals surface area contributed by atoms with Crippen LogP contribution in [0.3, 0.4) is 0 Å². The lowest BCUT2D eigenvalue weighted by Gasteiger charge is -2.20. The third-order valence-electron chi connectivity index (χ3n) is 2.06. The quantitative estimate of drug-likeness (QED) is 0.615. The van der Waals surface area contributed by atoms with Crippen LogP contribution in [0.5, 0.6) is 0 Å². The molecule has 0 fully saturated rings. The normalized spacial score (nSPS) is 14.4. The second-order valence-corrected chi connectivity index (χ2v) is 2.91. The molecule has 1 atom stereocenters. The van der Waals surface area contributed by atoms with Crippen LogP contribution in [-0.4, -0.2) is 11.7 Å². The summed E-state index contributed by atoms with van der Waals surface area (Å²) in [6, 6.07) is 1.87. The van der Waals surface area contributed by atoms with E-state index in [-0.39, 0.29) is 18.6 Å². The van der Waals surface area contributed by atoms with Gasteiger partial charge in [-0.15, -0.1) is 0 Å². The van der Waals surface area contributed by atoms with Gasteiger partial charge in [-0.25, -0.2) is 0 Å². The number of hydrogen-bond donors (Lipinski definition) is 1. The monoisotopic (exact) mass is 168 g/mol. The van der Waals surface area contributed by atoms with Crippen molar-refractivity contribution in [2.75, 3.05) is 0 Å². The second kappa shape index (κ2) is 3.86. The van der Waals surface area contributed by atoms with E-state index < -0.39 is 11.3 Å². The molecule has 0 aromatic carbocycles. The van der Waals surface area contributed by atoms with Crippen molar-refractivity contribution in [2.45, 2.75) is 26.7 Å². The van der Waals surface area contributed by atoms with E-state index in [0.29, 0.717) is 0 Å². The van der Waals surface area contributed by atoms with Crippen LogP contribution >= 0.6 is 0 Å². The molecule has 0 aliphatic carbocycles. The van der Waals surface area contributed by atoms with Crippen molar-refractivity contribution in [2.24, 2.45) is 11.1 Å². The Morgan fingerprint density at radius 1 is 1.58 bits per heavy atom. The fourth-order valence-electron chi connectivity index (χ4n) is 0.779. The summed E-state index contributed by atoms with van der Waals surface area (Å²) in [7, 11) is 0. The number of hydrogen-bond acceptors (Lipinski definition) is 3. The molecule has 1 unspecified atom stereocenters. The van der Waals surface area contributed by atoms with Crippen molar-refractivity contribution < 1.29 is 9.59 Å². The Morgan fingerprint density at radius 3 is 2.33 bits per heavy atom. The molecule has 0 spiro atoms. The molecule has 1 amide bonds. The lowest BCUT2D eigenvalue weighted by atomic mass is 9.81. The summed E-state index contributed by atoms with van der Waals surface area (Å²) in [5, 5.41) is 8.28. The van der Waals surface area contributed by atoms with Gasteiger partial charge in [-0.2, -0.15) is 5.26 Å². The Hall–Kier alpha value is -1.37. The summed E-state index contributed by atoms with van der Waals surface area (Å²) >= 11 is 0. The van der Waals surface area contributed by atoms with Gasteiger partial charge in [0.05, 0.1) is 6.07 Å². The number of carbonyl (C=O) groups is 2. The van der Waals surface area contributed by atoms with Gasteiger partial charge in [0.2, 0.25) is 5.91 Å². The predicted octanol–water partition coefficient (Wildman–Crippen LogP) is 0.371. The number of primary amides is 1. The zero-order chi connectivity index (χ0) is 9.78. The van der Waals surface area contributed by atoms with E-state index >= 15 is 0 Å². The van der Waals surface area contributed by atoms with Crippen molar-refractivity contribution in [1.82, 2.24) is 0 Å². The SMILES string of the molecule is CC(=O)C(C)(CCC#N)C(N)=O. The van der Waals surface area contributed by atoms with Crippen LogP contribution in [0, 0.1) is 16.7 Å². The van der Waals surface area contributed by atoms with Gasteiger partial charge >= 0.3 is 0 Å². The zero-order valence-corrected chi connectivity index (χ0v) is 7.26. The van der Waals surface area contributed by atoms with Crippen molar-refractivity contribution in [3.05, 3.63) is 0 Å². The Bertz CT molecular complexity index is 226. The smallest absolute Gasteiger partial charge is 0.230 e. The second-order valence-electron chi connectivity index (χ2n) is 2.91. The largest absolute Gasteiger partial charge is 0.369 e. The average Bonchev–Trinajstić information content (AvgIpc) is 1.99. The highest BCUT2D eigenvalue weighted by Crippen LogP contribution is 2.23. The first-order valence-electron chi connectivity index (χ1n) is 3.63. The number of nitriles is 1. The maximum Gasteiger partial charge on any atom is 0.230 e. The molecule has 0 aromatic heterocycles. The molecule has 0 bridgehead atoms. The number of nitrogens with two attached hydrogens (primary N) is 1. The van der Waals surface area contributed by atoms with E-state index in [1.807, 2.05) is 6.07 Å². The number of rotatable bonds is 4. The number of carbonyl (C=O) groups excluding carboxylic acids is 2. The lowest BCUT2D eigenvalue weighted by Crippen LogP contribution is -2.40. The minimum Gasteiger partial charge on any atom is -0.369 e. The Labute approximate surface area is 71.3 Å². The molecular weight excluding hydrogens is 156 g/mol. The van der Waals surface area contributed by atoms with Crippen LogP contribution in [0.2, 0.25) is 0 Å². The molecule has 0 saturated heterocycles. The number of ketones is 1. The van der Waals surface area contributed by atoms with Gasteiger partial charge in [-0.1, -0.05) is 0 Å². The molecule has 0 aromatic rings. The van der Waals surface area contributed by atoms with Crippen LogP contribution in [0.15, 0.2) is 0 Å². The third kappa shape index (κ3) is 2.06. The number of amides is 1. The Morgan fingerprint density at radius 2 is 2.08 bits per heavy atom. The van der Waals surface area contributed by atoms with Crippen LogP contribution in [0.4, 0.5) is 0 Å². The topological polar surface area (TPSA) is 83.9 Å². The molecule has 0 aliphatic rings. The maximum atomic E-state index is 11.0. The molecule has 4 heteroatoms. The van der Waals surface area contributed by atoms with E-state index in [2.05, 4.69) is 0 Å². The van der Waals surface area contributed by atoms with E-state index in [0.717, 1.165) is 0 Å². The number of nitrogens with zero attached hydrogens (tertiary/aromatic N) is 1. The molecule has 0 rings (SSSR count). The van der Waals surface area contributed by atoms with Crippen LogP contribution in [0.25, 0.3) is 0 Å². The third-order valence-corrected chi connectivity index (χ3v) is 2.06. The first kappa shape index (κ1) is 10.6. The molecule has 0 aliphatic heterocycles. The fraction of sp³-hybridized carbons (Fsp3) is 0.625. The summed E-state index contributed by atoms with van der Waals surface area (Å²) < 4.78 is 0. The van der Waals surface area contributed by atoms with Gasteiger partial charge in [0.15, 0.2) is 0 Å². The van der Waals surface area contributed by atoms with Gasteiger partial charge < -0.3 is 5.73 Å². The minimum atomic E-state index is -1.17. The van der Waals surface area contributed by atoms with Gasteiger partial charge in [-0.05, 0) is 20.3 Å². The van der Waals surface area contributed by atoms with Crippen molar-refractivity contribution in [1.29, 1.82) is 5.26 Å². The van der Waals surface area contributed by atoms with Crippen molar-refractivity contribution in [3.8, 4) is 6.07 Å². The van der Waals surface area contributed by atoms with Gasteiger partial charge in [-0.3, -0.25) is 9.59 Å². The molecule has 4 nitrogen and oxygen atoms in total. The van der Waals surface area contributed by atoms with Gasteiger partial charge in [0.25, 0.3) is 0 Å². The fourth-order valence-corrected chi connectivity index (χ4v) is 0.779. The summed E-state index contributed by atoms with van der Waals surface area (Å²) in [4.78, 5) is 21.9. The first-order chi connectivity index (χ1) is 5.45. The summed E-state index contributed by atoms with van der Waals surface area (Å²) in [5.74, 6) is -0.949. The highest BCUT2D eigenvalue weighted by atomic mass is 16.2. The van der Waals surface area contributed by atoms with Crippen molar-refractivity contribution in [3.63, 3.8) is 0 Å². The first-order valence-corrected chi connectivity index (χ1v) is 3.63. The average molecular weight is 168 g/mol. The standard InChI is InChI=1S/C8H12N2O2/c1-6(11)8(2,7(10)12)4-3-5-9/h3-4H2,1-2H3,(H2,10,12). The molecule has 12 heavy (non-hydrogen) atoms. The van der Waals surface area contributed by atoms with E-state index in [4.69, 9.17) is 11.0 Å².